The van der Waals surface area contributed by atoms with E-state index in [-0.39, 0.29) is 0 Å². The summed E-state index contributed by atoms with van der Waals surface area (Å²) in [6, 6.07) is 18.8. The van der Waals surface area contributed by atoms with E-state index in [1.807, 2.05) is 30.3 Å². The summed E-state index contributed by atoms with van der Waals surface area (Å²) >= 11 is 0. The minimum absolute atomic E-state index is 0.402. The van der Waals surface area contributed by atoms with Crippen molar-refractivity contribution >= 4 is 16.9 Å². The highest BCUT2D eigenvalue weighted by Gasteiger charge is 2.19. The Labute approximate surface area is 188 Å². The number of aryl methyl sites for hydroxylation is 1. The second kappa shape index (κ2) is 9.30. The molecule has 5 rings (SSSR count). The number of ether oxygens (including phenoxy) is 1. The second-order valence-corrected chi connectivity index (χ2v) is 8.23. The third kappa shape index (κ3) is 4.54. The number of benzene rings is 1. The van der Waals surface area contributed by atoms with Crippen LogP contribution in [0.1, 0.15) is 30.5 Å². The van der Waals surface area contributed by atoms with Crippen LogP contribution in [0.2, 0.25) is 0 Å². The van der Waals surface area contributed by atoms with Gasteiger partial charge >= 0.3 is 6.01 Å². The number of fused-ring (bicyclic) bond motifs is 1. The fourth-order valence-corrected chi connectivity index (χ4v) is 4.13. The summed E-state index contributed by atoms with van der Waals surface area (Å²) < 4.78 is 5.96. The molecule has 0 aliphatic carbocycles. The molecule has 1 fully saturated rings. The Morgan fingerprint density at radius 2 is 1.81 bits per heavy atom. The summed E-state index contributed by atoms with van der Waals surface area (Å²) in [7, 11) is 0. The van der Waals surface area contributed by atoms with Crippen molar-refractivity contribution in [3.8, 4) is 17.3 Å². The lowest BCUT2D eigenvalue weighted by Crippen LogP contribution is -2.30. The maximum absolute atomic E-state index is 5.96. The number of aromatic nitrogens is 4. The van der Waals surface area contributed by atoms with E-state index in [1.54, 1.807) is 6.20 Å². The molecule has 0 saturated carbocycles. The van der Waals surface area contributed by atoms with Gasteiger partial charge in [0.15, 0.2) is 5.82 Å². The smallest absolute Gasteiger partial charge is 0.319 e. The molecule has 3 aromatic heterocycles. The van der Waals surface area contributed by atoms with E-state index in [1.165, 1.54) is 24.8 Å². The summed E-state index contributed by atoms with van der Waals surface area (Å²) in [5.74, 6) is 0.872. The number of hydrogen-bond donors (Lipinski definition) is 0. The fourth-order valence-electron chi connectivity index (χ4n) is 4.13. The van der Waals surface area contributed by atoms with Gasteiger partial charge in [0.25, 0.3) is 0 Å². The van der Waals surface area contributed by atoms with Gasteiger partial charge in [0.2, 0.25) is 0 Å². The van der Waals surface area contributed by atoms with Crippen molar-refractivity contribution < 1.29 is 4.74 Å². The van der Waals surface area contributed by atoms with Crippen LogP contribution in [-0.2, 0) is 6.42 Å². The van der Waals surface area contributed by atoms with Crippen LogP contribution in [-0.4, -0.2) is 39.6 Å². The topological polar surface area (TPSA) is 64.0 Å². The zero-order chi connectivity index (χ0) is 21.8. The normalized spacial score (nSPS) is 14.0. The first kappa shape index (κ1) is 20.4. The molecule has 0 atom stereocenters. The zero-order valence-corrected chi connectivity index (χ0v) is 18.4. The highest BCUT2D eigenvalue weighted by Crippen LogP contribution is 2.30. The number of pyridine rings is 2. The van der Waals surface area contributed by atoms with Crippen LogP contribution in [0.4, 0.5) is 5.82 Å². The number of anilines is 1. The minimum Gasteiger partial charge on any atom is -0.463 e. The lowest BCUT2D eigenvalue weighted by molar-refractivity contribution is 0.296. The molecule has 1 aromatic carbocycles. The van der Waals surface area contributed by atoms with E-state index in [4.69, 9.17) is 14.7 Å². The van der Waals surface area contributed by atoms with E-state index in [0.29, 0.717) is 19.0 Å². The van der Waals surface area contributed by atoms with Gasteiger partial charge in [0.05, 0.1) is 17.8 Å². The van der Waals surface area contributed by atoms with Crippen molar-refractivity contribution in [2.75, 3.05) is 24.6 Å². The van der Waals surface area contributed by atoms with Crippen LogP contribution in [0.3, 0.4) is 0 Å². The number of rotatable bonds is 6. The molecule has 0 amide bonds. The lowest BCUT2D eigenvalue weighted by Gasteiger charge is -2.28. The van der Waals surface area contributed by atoms with E-state index in [0.717, 1.165) is 46.9 Å². The van der Waals surface area contributed by atoms with E-state index in [2.05, 4.69) is 46.1 Å². The van der Waals surface area contributed by atoms with Crippen molar-refractivity contribution in [3.63, 3.8) is 0 Å². The highest BCUT2D eigenvalue weighted by molar-refractivity contribution is 5.88. The van der Waals surface area contributed by atoms with Gasteiger partial charge in [0, 0.05) is 37.0 Å². The average Bonchev–Trinajstić information content (AvgIpc) is 2.84. The Morgan fingerprint density at radius 1 is 0.906 bits per heavy atom. The molecule has 1 aliphatic heterocycles. The molecule has 0 unspecified atom stereocenters. The quantitative estimate of drug-likeness (QED) is 0.433. The van der Waals surface area contributed by atoms with Gasteiger partial charge < -0.3 is 9.64 Å². The third-order valence-corrected chi connectivity index (χ3v) is 5.79. The van der Waals surface area contributed by atoms with Gasteiger partial charge in [-0.25, -0.2) is 4.98 Å². The van der Waals surface area contributed by atoms with Crippen LogP contribution in [0.5, 0.6) is 6.01 Å². The second-order valence-electron chi connectivity index (χ2n) is 8.23. The Kier molecular flexibility index (Phi) is 5.92. The molecule has 4 heterocycles. The first-order chi connectivity index (χ1) is 15.8. The van der Waals surface area contributed by atoms with Gasteiger partial charge in [-0.1, -0.05) is 29.8 Å². The van der Waals surface area contributed by atoms with Crippen molar-refractivity contribution in [3.05, 3.63) is 72.1 Å². The molecule has 6 heteroatoms. The van der Waals surface area contributed by atoms with Gasteiger partial charge in [-0.3, -0.25) is 4.98 Å². The SMILES string of the molecule is Cc1cccc(-c2ccc3nc(OCCc4ccccn4)nc(N4CCCCC4)c3n2)c1. The van der Waals surface area contributed by atoms with Gasteiger partial charge in [-0.15, -0.1) is 0 Å². The van der Waals surface area contributed by atoms with Crippen LogP contribution in [0.15, 0.2) is 60.8 Å². The largest absolute Gasteiger partial charge is 0.463 e. The van der Waals surface area contributed by atoms with Gasteiger partial charge in [-0.2, -0.15) is 9.97 Å². The summed E-state index contributed by atoms with van der Waals surface area (Å²) in [5, 5.41) is 0. The monoisotopic (exact) mass is 425 g/mol. The summed E-state index contributed by atoms with van der Waals surface area (Å²) in [6.07, 6.45) is 6.10. The molecule has 162 valence electrons. The van der Waals surface area contributed by atoms with Crippen LogP contribution >= 0.6 is 0 Å². The summed E-state index contributed by atoms with van der Waals surface area (Å²) in [6.45, 7) is 4.55. The Hall–Kier alpha value is -3.54. The average molecular weight is 426 g/mol. The third-order valence-electron chi connectivity index (χ3n) is 5.79. The molecule has 1 aliphatic rings. The predicted octanol–water partition coefficient (Wildman–Crippen LogP) is 5.01. The van der Waals surface area contributed by atoms with Crippen molar-refractivity contribution in [1.82, 2.24) is 19.9 Å². The van der Waals surface area contributed by atoms with Crippen LogP contribution in [0, 0.1) is 6.92 Å². The molecule has 4 aromatic rings. The van der Waals surface area contributed by atoms with E-state index >= 15 is 0 Å². The van der Waals surface area contributed by atoms with Crippen molar-refractivity contribution in [1.29, 1.82) is 0 Å². The highest BCUT2D eigenvalue weighted by atomic mass is 16.5. The first-order valence-corrected chi connectivity index (χ1v) is 11.3. The van der Waals surface area contributed by atoms with Crippen LogP contribution in [0.25, 0.3) is 22.3 Å². The number of piperidine rings is 1. The lowest BCUT2D eigenvalue weighted by atomic mass is 10.1. The number of nitrogens with zero attached hydrogens (tertiary/aromatic N) is 5. The van der Waals surface area contributed by atoms with Crippen molar-refractivity contribution in [2.45, 2.75) is 32.6 Å². The predicted molar refractivity (Wildman–Crippen MR) is 127 cm³/mol. The summed E-state index contributed by atoms with van der Waals surface area (Å²) in [4.78, 5) is 21.2. The molecular weight excluding hydrogens is 398 g/mol. The number of hydrogen-bond acceptors (Lipinski definition) is 6. The van der Waals surface area contributed by atoms with Crippen LogP contribution < -0.4 is 9.64 Å². The molecule has 32 heavy (non-hydrogen) atoms. The Balaban J connectivity index is 1.48. The molecule has 6 nitrogen and oxygen atoms in total. The van der Waals surface area contributed by atoms with E-state index < -0.39 is 0 Å². The molecule has 0 spiro atoms. The summed E-state index contributed by atoms with van der Waals surface area (Å²) in [5.41, 5.74) is 5.90. The Morgan fingerprint density at radius 3 is 2.62 bits per heavy atom. The first-order valence-electron chi connectivity index (χ1n) is 11.3. The Bertz CT molecular complexity index is 1210. The zero-order valence-electron chi connectivity index (χ0n) is 18.4. The maximum atomic E-state index is 5.96. The standard InChI is InChI=1S/C26H27N5O/c1-19-8-7-9-20(18-19)22-11-12-23-24(28-22)25(31-15-5-2-6-16-31)30-26(29-23)32-17-13-21-10-3-4-14-27-21/h3-4,7-12,14,18H,2,5-6,13,15-17H2,1H3. The molecule has 0 bridgehead atoms. The van der Waals surface area contributed by atoms with Gasteiger partial charge in [-0.05, 0) is 56.5 Å². The fraction of sp³-hybridized carbons (Fsp3) is 0.308. The molecule has 0 radical (unpaired) electrons. The molecule has 0 N–H and O–H groups in total. The molecular formula is C26H27N5O. The van der Waals surface area contributed by atoms with Crippen molar-refractivity contribution in [2.24, 2.45) is 0 Å². The minimum atomic E-state index is 0.402. The maximum Gasteiger partial charge on any atom is 0.319 e. The van der Waals surface area contributed by atoms with Gasteiger partial charge in [0.1, 0.15) is 5.52 Å². The van der Waals surface area contributed by atoms with E-state index in [9.17, 15) is 0 Å². The molecule has 1 saturated heterocycles.